The Bertz CT molecular complexity index is 495. The molecule has 2 N–H and O–H groups in total. The summed E-state index contributed by atoms with van der Waals surface area (Å²) in [6, 6.07) is 6.97. The Morgan fingerprint density at radius 2 is 1.81 bits per heavy atom. The zero-order chi connectivity index (χ0) is 15.7. The zero-order valence-corrected chi connectivity index (χ0v) is 12.6. The van der Waals surface area contributed by atoms with Crippen LogP contribution in [0.2, 0.25) is 0 Å². The number of nitrogens with zero attached hydrogens (tertiary/aromatic N) is 1. The lowest BCUT2D eigenvalue weighted by Crippen LogP contribution is -2.36. The van der Waals surface area contributed by atoms with Gasteiger partial charge in [-0.3, -0.25) is 9.59 Å². The number of hydrogen-bond donors (Lipinski definition) is 2. The van der Waals surface area contributed by atoms with Crippen LogP contribution in [0.15, 0.2) is 29.4 Å². The molecule has 6 nitrogen and oxygen atoms in total. The lowest BCUT2D eigenvalue weighted by Gasteiger charge is -2.08. The fourth-order valence-corrected chi connectivity index (χ4v) is 1.50. The maximum absolute atomic E-state index is 11.9. The Kier molecular flexibility index (Phi) is 6.94. The molecule has 0 fully saturated rings. The van der Waals surface area contributed by atoms with E-state index in [0.717, 1.165) is 5.56 Å². The van der Waals surface area contributed by atoms with Crippen molar-refractivity contribution in [1.29, 1.82) is 0 Å². The van der Waals surface area contributed by atoms with Gasteiger partial charge in [-0.15, -0.1) is 0 Å². The zero-order valence-electron chi connectivity index (χ0n) is 12.6. The summed E-state index contributed by atoms with van der Waals surface area (Å²) in [6.07, 6.45) is 1.56. The SMILES string of the molecule is CON=Cc1ccc(C(=O)NCCNC(=O)C(C)C)cc1. The lowest BCUT2D eigenvalue weighted by molar-refractivity contribution is -0.123. The molecule has 2 amide bonds. The molecule has 1 aromatic carbocycles. The van der Waals surface area contributed by atoms with Crippen molar-refractivity contribution in [1.82, 2.24) is 10.6 Å². The summed E-state index contributed by atoms with van der Waals surface area (Å²) in [6.45, 7) is 4.45. The van der Waals surface area contributed by atoms with Gasteiger partial charge in [-0.05, 0) is 17.7 Å². The first-order valence-corrected chi connectivity index (χ1v) is 6.77. The van der Waals surface area contributed by atoms with E-state index in [9.17, 15) is 9.59 Å². The van der Waals surface area contributed by atoms with E-state index in [0.29, 0.717) is 18.7 Å². The summed E-state index contributed by atoms with van der Waals surface area (Å²) < 4.78 is 0. The number of rotatable bonds is 7. The van der Waals surface area contributed by atoms with Crippen molar-refractivity contribution in [3.63, 3.8) is 0 Å². The summed E-state index contributed by atoms with van der Waals surface area (Å²) in [7, 11) is 1.47. The Labute approximate surface area is 124 Å². The molecule has 21 heavy (non-hydrogen) atoms. The van der Waals surface area contributed by atoms with E-state index in [1.807, 2.05) is 13.8 Å². The summed E-state index contributed by atoms with van der Waals surface area (Å²) >= 11 is 0. The third-order valence-corrected chi connectivity index (χ3v) is 2.71. The lowest BCUT2D eigenvalue weighted by atomic mass is 10.1. The molecule has 0 aromatic heterocycles. The van der Waals surface area contributed by atoms with Crippen LogP contribution in [0.5, 0.6) is 0 Å². The molecule has 0 unspecified atom stereocenters. The quantitative estimate of drug-likeness (QED) is 0.449. The normalized spacial score (nSPS) is 10.7. The van der Waals surface area contributed by atoms with Crippen molar-refractivity contribution < 1.29 is 14.4 Å². The van der Waals surface area contributed by atoms with E-state index in [-0.39, 0.29) is 17.7 Å². The van der Waals surface area contributed by atoms with E-state index in [4.69, 9.17) is 0 Å². The number of hydrogen-bond acceptors (Lipinski definition) is 4. The molecule has 1 rings (SSSR count). The van der Waals surface area contributed by atoms with Crippen LogP contribution in [0, 0.1) is 5.92 Å². The molecule has 0 aliphatic heterocycles. The molecular formula is C15H21N3O3. The van der Waals surface area contributed by atoms with E-state index in [2.05, 4.69) is 20.6 Å². The third kappa shape index (κ3) is 6.07. The molecule has 0 atom stereocenters. The highest BCUT2D eigenvalue weighted by Crippen LogP contribution is 2.02. The Morgan fingerprint density at radius 3 is 2.38 bits per heavy atom. The summed E-state index contributed by atoms with van der Waals surface area (Å²) in [5.41, 5.74) is 1.40. The molecule has 0 heterocycles. The van der Waals surface area contributed by atoms with Crippen LogP contribution in [0.25, 0.3) is 0 Å². The highest BCUT2D eigenvalue weighted by molar-refractivity contribution is 5.95. The molecular weight excluding hydrogens is 270 g/mol. The van der Waals surface area contributed by atoms with Gasteiger partial charge in [-0.25, -0.2) is 0 Å². The highest BCUT2D eigenvalue weighted by Gasteiger charge is 2.07. The number of benzene rings is 1. The average molecular weight is 291 g/mol. The van der Waals surface area contributed by atoms with Gasteiger partial charge in [0, 0.05) is 24.6 Å². The summed E-state index contributed by atoms with van der Waals surface area (Å²) in [5, 5.41) is 9.12. The predicted octanol–water partition coefficient (Wildman–Crippen LogP) is 1.17. The molecule has 0 aliphatic carbocycles. The minimum absolute atomic E-state index is 0.0222. The van der Waals surface area contributed by atoms with Crippen molar-refractivity contribution in [2.75, 3.05) is 20.2 Å². The van der Waals surface area contributed by atoms with Gasteiger partial charge < -0.3 is 15.5 Å². The topological polar surface area (TPSA) is 79.8 Å². The Morgan fingerprint density at radius 1 is 1.19 bits per heavy atom. The van der Waals surface area contributed by atoms with Crippen LogP contribution in [-0.2, 0) is 9.63 Å². The number of oxime groups is 1. The van der Waals surface area contributed by atoms with Gasteiger partial charge in [-0.1, -0.05) is 31.1 Å². The van der Waals surface area contributed by atoms with E-state index in [1.165, 1.54) is 7.11 Å². The van der Waals surface area contributed by atoms with Gasteiger partial charge in [0.15, 0.2) is 0 Å². The van der Waals surface area contributed by atoms with Crippen molar-refractivity contribution in [2.45, 2.75) is 13.8 Å². The average Bonchev–Trinajstić information content (AvgIpc) is 2.49. The van der Waals surface area contributed by atoms with E-state index in [1.54, 1.807) is 30.5 Å². The molecule has 0 aliphatic rings. The standard InChI is InChI=1S/C15H21N3O3/c1-11(2)14(19)16-8-9-17-15(20)13-6-4-12(5-7-13)10-18-21-3/h4-7,10-11H,8-9H2,1-3H3,(H,16,19)(H,17,20). The van der Waals surface area contributed by atoms with Gasteiger partial charge in [0.05, 0.1) is 6.21 Å². The molecule has 114 valence electrons. The van der Waals surface area contributed by atoms with Gasteiger partial charge in [0.2, 0.25) is 5.91 Å². The molecule has 0 bridgehead atoms. The van der Waals surface area contributed by atoms with Crippen LogP contribution in [0.1, 0.15) is 29.8 Å². The first-order valence-electron chi connectivity index (χ1n) is 6.77. The molecule has 1 aromatic rings. The van der Waals surface area contributed by atoms with Crippen molar-refractivity contribution in [3.8, 4) is 0 Å². The maximum atomic E-state index is 11.9. The van der Waals surface area contributed by atoms with Crippen LogP contribution in [-0.4, -0.2) is 38.2 Å². The Hall–Kier alpha value is -2.37. The van der Waals surface area contributed by atoms with E-state index >= 15 is 0 Å². The largest absolute Gasteiger partial charge is 0.399 e. The van der Waals surface area contributed by atoms with Gasteiger partial charge in [0.1, 0.15) is 7.11 Å². The fraction of sp³-hybridized carbons (Fsp3) is 0.400. The van der Waals surface area contributed by atoms with Crippen LogP contribution in [0.4, 0.5) is 0 Å². The number of carbonyl (C=O) groups is 2. The van der Waals surface area contributed by atoms with Crippen molar-refractivity contribution in [3.05, 3.63) is 35.4 Å². The fourth-order valence-electron chi connectivity index (χ4n) is 1.50. The smallest absolute Gasteiger partial charge is 0.251 e. The first-order chi connectivity index (χ1) is 10.0. The minimum atomic E-state index is -0.177. The molecule has 0 radical (unpaired) electrons. The second-order valence-corrected chi connectivity index (χ2v) is 4.74. The van der Waals surface area contributed by atoms with E-state index < -0.39 is 0 Å². The number of nitrogens with one attached hydrogen (secondary N) is 2. The van der Waals surface area contributed by atoms with Crippen LogP contribution < -0.4 is 10.6 Å². The van der Waals surface area contributed by atoms with Crippen molar-refractivity contribution in [2.24, 2.45) is 11.1 Å². The number of amides is 2. The van der Waals surface area contributed by atoms with Crippen LogP contribution in [0.3, 0.4) is 0 Å². The number of carbonyl (C=O) groups excluding carboxylic acids is 2. The minimum Gasteiger partial charge on any atom is -0.399 e. The Balaban J connectivity index is 2.38. The first kappa shape index (κ1) is 16.7. The summed E-state index contributed by atoms with van der Waals surface area (Å²) in [4.78, 5) is 27.8. The second kappa shape index (κ2) is 8.73. The highest BCUT2D eigenvalue weighted by atomic mass is 16.6. The van der Waals surface area contributed by atoms with Gasteiger partial charge in [-0.2, -0.15) is 0 Å². The molecule has 0 saturated carbocycles. The second-order valence-electron chi connectivity index (χ2n) is 4.74. The third-order valence-electron chi connectivity index (χ3n) is 2.71. The summed E-state index contributed by atoms with van der Waals surface area (Å²) in [5.74, 6) is -0.253. The van der Waals surface area contributed by atoms with Crippen LogP contribution >= 0.6 is 0 Å². The predicted molar refractivity (Wildman–Crippen MR) is 81.2 cm³/mol. The molecule has 0 spiro atoms. The van der Waals surface area contributed by atoms with Gasteiger partial charge >= 0.3 is 0 Å². The van der Waals surface area contributed by atoms with Crippen molar-refractivity contribution >= 4 is 18.0 Å². The molecule has 6 heteroatoms. The van der Waals surface area contributed by atoms with Gasteiger partial charge in [0.25, 0.3) is 5.91 Å². The monoisotopic (exact) mass is 291 g/mol. The maximum Gasteiger partial charge on any atom is 0.251 e. The molecule has 0 saturated heterocycles.